The second-order valence-electron chi connectivity index (χ2n) is 4.28. The fraction of sp³-hybridized carbons (Fsp3) is 0.0714. The van der Waals surface area contributed by atoms with Gasteiger partial charge in [0.05, 0.1) is 18.4 Å². The minimum Gasteiger partial charge on any atom is -0.475 e. The van der Waals surface area contributed by atoms with E-state index in [1.165, 1.54) is 6.07 Å². The van der Waals surface area contributed by atoms with Crippen LogP contribution in [0.25, 0.3) is 5.82 Å². The molecule has 0 atom stereocenters. The number of carboxylic acids is 1. The fourth-order valence-corrected chi connectivity index (χ4v) is 1.81. The summed E-state index contributed by atoms with van der Waals surface area (Å²) in [6.45, 7) is 0.385. The van der Waals surface area contributed by atoms with Gasteiger partial charge in [0.15, 0.2) is 5.82 Å². The van der Waals surface area contributed by atoms with Crippen LogP contribution in [0.3, 0.4) is 0 Å². The van der Waals surface area contributed by atoms with E-state index in [1.54, 1.807) is 23.1 Å². The summed E-state index contributed by atoms with van der Waals surface area (Å²) in [6, 6.07) is 8.58. The molecule has 0 aliphatic heterocycles. The minimum atomic E-state index is -1.08. The molecule has 0 fully saturated rings. The lowest BCUT2D eigenvalue weighted by Gasteiger charge is -2.05. The molecule has 0 saturated heterocycles. The first-order valence-electron chi connectivity index (χ1n) is 6.24. The molecule has 0 aliphatic carbocycles. The van der Waals surface area contributed by atoms with Crippen molar-refractivity contribution in [3.8, 4) is 5.82 Å². The van der Waals surface area contributed by atoms with Gasteiger partial charge in [-0.2, -0.15) is 5.10 Å². The molecule has 3 aromatic heterocycles. The quantitative estimate of drug-likeness (QED) is 0.745. The summed E-state index contributed by atoms with van der Waals surface area (Å²) in [7, 11) is 0. The number of anilines is 1. The number of pyridine rings is 1. The highest BCUT2D eigenvalue weighted by molar-refractivity contribution is 5.84. The predicted octanol–water partition coefficient (Wildman–Crippen LogP) is 2.17. The van der Waals surface area contributed by atoms with Crippen molar-refractivity contribution in [2.45, 2.75) is 6.54 Å². The smallest absolute Gasteiger partial charge is 0.371 e. The number of carboxylic acid groups (broad SMARTS) is 1. The maximum absolute atomic E-state index is 10.7. The summed E-state index contributed by atoms with van der Waals surface area (Å²) < 4.78 is 6.82. The highest BCUT2D eigenvalue weighted by Gasteiger charge is 2.08. The van der Waals surface area contributed by atoms with Crippen LogP contribution in [-0.2, 0) is 6.54 Å². The van der Waals surface area contributed by atoms with Crippen molar-refractivity contribution >= 4 is 11.7 Å². The van der Waals surface area contributed by atoms with E-state index in [4.69, 9.17) is 9.52 Å². The number of rotatable bonds is 5. The Labute approximate surface area is 119 Å². The van der Waals surface area contributed by atoms with E-state index in [1.807, 2.05) is 24.4 Å². The normalized spacial score (nSPS) is 10.5. The van der Waals surface area contributed by atoms with Crippen molar-refractivity contribution in [1.29, 1.82) is 0 Å². The number of hydrogen-bond donors (Lipinski definition) is 2. The Bertz CT molecular complexity index is 732. The molecule has 0 aromatic carbocycles. The number of furan rings is 1. The third-order valence-electron chi connectivity index (χ3n) is 2.83. The lowest BCUT2D eigenvalue weighted by molar-refractivity contribution is 0.0660. The first-order valence-corrected chi connectivity index (χ1v) is 6.24. The fourth-order valence-electron chi connectivity index (χ4n) is 1.81. The molecule has 21 heavy (non-hydrogen) atoms. The summed E-state index contributed by atoms with van der Waals surface area (Å²) in [6.07, 6.45) is 5.18. The molecule has 0 spiro atoms. The number of nitrogens with zero attached hydrogens (tertiary/aromatic N) is 3. The monoisotopic (exact) mass is 284 g/mol. The van der Waals surface area contributed by atoms with E-state index in [0.29, 0.717) is 12.3 Å². The van der Waals surface area contributed by atoms with E-state index >= 15 is 0 Å². The Balaban J connectivity index is 1.64. The molecule has 0 unspecified atom stereocenters. The minimum absolute atomic E-state index is 0.0704. The zero-order valence-electron chi connectivity index (χ0n) is 10.9. The number of aromatic nitrogens is 3. The van der Waals surface area contributed by atoms with Crippen LogP contribution in [0.15, 0.2) is 53.3 Å². The molecule has 0 aliphatic rings. The lowest BCUT2D eigenvalue weighted by atomic mass is 10.3. The summed E-state index contributed by atoms with van der Waals surface area (Å²) in [5.74, 6) is 0.116. The molecular weight excluding hydrogens is 272 g/mol. The molecule has 7 heteroatoms. The Hall–Kier alpha value is -3.09. The van der Waals surface area contributed by atoms with Gasteiger partial charge in [-0.3, -0.25) is 0 Å². The van der Waals surface area contributed by atoms with Gasteiger partial charge in [0, 0.05) is 12.4 Å². The zero-order valence-corrected chi connectivity index (χ0v) is 10.9. The average molecular weight is 284 g/mol. The molecular formula is C14H12N4O3. The highest BCUT2D eigenvalue weighted by Crippen LogP contribution is 2.13. The van der Waals surface area contributed by atoms with Crippen molar-refractivity contribution < 1.29 is 14.3 Å². The molecule has 2 N–H and O–H groups in total. The van der Waals surface area contributed by atoms with Crippen molar-refractivity contribution in [3.63, 3.8) is 0 Å². The summed E-state index contributed by atoms with van der Waals surface area (Å²) in [5.41, 5.74) is 0.805. The first kappa shape index (κ1) is 12.9. The maximum Gasteiger partial charge on any atom is 0.371 e. The molecule has 7 nitrogen and oxygen atoms in total. The van der Waals surface area contributed by atoms with Crippen LogP contribution in [0, 0.1) is 0 Å². The molecule has 106 valence electrons. The van der Waals surface area contributed by atoms with Crippen LogP contribution >= 0.6 is 0 Å². The van der Waals surface area contributed by atoms with E-state index in [2.05, 4.69) is 15.4 Å². The van der Waals surface area contributed by atoms with Gasteiger partial charge in [-0.1, -0.05) is 0 Å². The first-order chi connectivity index (χ1) is 10.2. The Kier molecular flexibility index (Phi) is 3.38. The van der Waals surface area contributed by atoms with E-state index < -0.39 is 5.97 Å². The van der Waals surface area contributed by atoms with Crippen LogP contribution in [-0.4, -0.2) is 25.8 Å². The van der Waals surface area contributed by atoms with Gasteiger partial charge >= 0.3 is 5.97 Å². The number of carbonyl (C=O) groups is 1. The van der Waals surface area contributed by atoms with Crippen LogP contribution in [0.1, 0.15) is 16.3 Å². The van der Waals surface area contributed by atoms with Crippen molar-refractivity contribution in [1.82, 2.24) is 14.8 Å². The SMILES string of the molecule is O=C(O)c1ccc(CNc2ccc(-n3cccn3)nc2)o1. The second kappa shape index (κ2) is 5.49. The van der Waals surface area contributed by atoms with Gasteiger partial charge in [-0.25, -0.2) is 14.5 Å². The van der Waals surface area contributed by atoms with Crippen LogP contribution in [0.2, 0.25) is 0 Å². The molecule has 0 amide bonds. The average Bonchev–Trinajstić information content (AvgIpc) is 3.17. The van der Waals surface area contributed by atoms with Gasteiger partial charge < -0.3 is 14.8 Å². The number of aromatic carboxylic acids is 1. The largest absolute Gasteiger partial charge is 0.475 e. The Morgan fingerprint density at radius 3 is 2.86 bits per heavy atom. The summed E-state index contributed by atoms with van der Waals surface area (Å²) >= 11 is 0. The maximum atomic E-state index is 10.7. The van der Waals surface area contributed by atoms with Crippen LogP contribution < -0.4 is 5.32 Å². The second-order valence-corrected chi connectivity index (χ2v) is 4.28. The Morgan fingerprint density at radius 2 is 2.24 bits per heavy atom. The molecule has 3 aromatic rings. The van der Waals surface area contributed by atoms with Gasteiger partial charge in [-0.05, 0) is 30.3 Å². The summed E-state index contributed by atoms with van der Waals surface area (Å²) in [4.78, 5) is 15.0. The molecule has 3 rings (SSSR count). The number of hydrogen-bond acceptors (Lipinski definition) is 5. The lowest BCUT2D eigenvalue weighted by Crippen LogP contribution is -2.01. The Morgan fingerprint density at radius 1 is 1.33 bits per heavy atom. The van der Waals surface area contributed by atoms with Gasteiger partial charge in [0.1, 0.15) is 5.76 Å². The molecule has 0 saturated carbocycles. The standard InChI is InChI=1S/C14H12N4O3/c19-14(20)12-4-3-11(21-12)9-15-10-2-5-13(16-8-10)18-7-1-6-17-18/h1-8,15H,9H2,(H,19,20). The van der Waals surface area contributed by atoms with Crippen molar-refractivity contribution in [2.75, 3.05) is 5.32 Å². The predicted molar refractivity (Wildman–Crippen MR) is 74.4 cm³/mol. The van der Waals surface area contributed by atoms with Gasteiger partial charge in [0.25, 0.3) is 0 Å². The topological polar surface area (TPSA) is 93.2 Å². The van der Waals surface area contributed by atoms with E-state index in [0.717, 1.165) is 11.5 Å². The van der Waals surface area contributed by atoms with Crippen molar-refractivity contribution in [2.24, 2.45) is 0 Å². The van der Waals surface area contributed by atoms with Gasteiger partial charge in [-0.15, -0.1) is 0 Å². The van der Waals surface area contributed by atoms with Crippen molar-refractivity contribution in [3.05, 3.63) is 60.4 Å². The van der Waals surface area contributed by atoms with Gasteiger partial charge in [0.2, 0.25) is 5.76 Å². The molecule has 0 radical (unpaired) electrons. The third kappa shape index (κ3) is 2.92. The van der Waals surface area contributed by atoms with Crippen LogP contribution in [0.4, 0.5) is 5.69 Å². The number of nitrogens with one attached hydrogen (secondary N) is 1. The zero-order chi connectivity index (χ0) is 14.7. The molecule has 0 bridgehead atoms. The van der Waals surface area contributed by atoms with Crippen LogP contribution in [0.5, 0.6) is 0 Å². The highest BCUT2D eigenvalue weighted by atomic mass is 16.4. The summed E-state index contributed by atoms with van der Waals surface area (Å²) in [5, 5.41) is 16.0. The molecule has 3 heterocycles. The third-order valence-corrected chi connectivity index (χ3v) is 2.83. The van der Waals surface area contributed by atoms with E-state index in [9.17, 15) is 4.79 Å². The van der Waals surface area contributed by atoms with E-state index in [-0.39, 0.29) is 5.76 Å².